The van der Waals surface area contributed by atoms with E-state index in [1.54, 1.807) is 7.11 Å². The minimum Gasteiger partial charge on any atom is -0.385 e. The van der Waals surface area contributed by atoms with E-state index in [0.717, 1.165) is 26.1 Å². The zero-order chi connectivity index (χ0) is 15.0. The van der Waals surface area contributed by atoms with Gasteiger partial charge in [-0.05, 0) is 43.2 Å². The van der Waals surface area contributed by atoms with E-state index in [-0.39, 0.29) is 0 Å². The maximum atomic E-state index is 5.24. The van der Waals surface area contributed by atoms with E-state index in [1.807, 2.05) is 0 Å². The number of hydrogen-bond acceptors (Lipinski definition) is 2. The van der Waals surface area contributed by atoms with Gasteiger partial charge < -0.3 is 10.1 Å². The van der Waals surface area contributed by atoms with Crippen LogP contribution in [-0.2, 0) is 4.74 Å². The molecule has 0 aliphatic heterocycles. The van der Waals surface area contributed by atoms with E-state index in [1.165, 1.54) is 11.1 Å². The Bertz CT molecular complexity index is 358. The van der Waals surface area contributed by atoms with Crippen molar-refractivity contribution in [2.45, 2.75) is 40.0 Å². The van der Waals surface area contributed by atoms with Crippen molar-refractivity contribution in [2.75, 3.05) is 26.8 Å². The van der Waals surface area contributed by atoms with Gasteiger partial charge in [-0.1, -0.05) is 50.6 Å². The minimum atomic E-state index is 0.560. The molecule has 1 rings (SSSR count). The molecule has 1 aromatic carbocycles. The first-order valence-corrected chi connectivity index (χ1v) is 7.80. The monoisotopic (exact) mass is 277 g/mol. The van der Waals surface area contributed by atoms with Crippen LogP contribution < -0.4 is 5.32 Å². The van der Waals surface area contributed by atoms with Crippen LogP contribution in [0.1, 0.15) is 44.2 Å². The second-order valence-electron chi connectivity index (χ2n) is 6.33. The average Bonchev–Trinajstić information content (AvgIpc) is 2.42. The summed E-state index contributed by atoms with van der Waals surface area (Å²) in [5.74, 6) is 1.88. The summed E-state index contributed by atoms with van der Waals surface area (Å²) in [7, 11) is 1.78. The van der Waals surface area contributed by atoms with Gasteiger partial charge in [0.2, 0.25) is 0 Å². The molecular formula is C18H31NO. The predicted molar refractivity (Wildman–Crippen MR) is 87.3 cm³/mol. The topological polar surface area (TPSA) is 21.3 Å². The highest BCUT2D eigenvalue weighted by Crippen LogP contribution is 2.27. The van der Waals surface area contributed by atoms with Crippen molar-refractivity contribution in [1.29, 1.82) is 0 Å². The first-order valence-electron chi connectivity index (χ1n) is 7.80. The molecule has 0 aromatic heterocycles. The molecule has 0 spiro atoms. The summed E-state index contributed by atoms with van der Waals surface area (Å²) in [4.78, 5) is 0. The van der Waals surface area contributed by atoms with Gasteiger partial charge in [0.05, 0.1) is 0 Å². The van der Waals surface area contributed by atoms with Crippen molar-refractivity contribution >= 4 is 0 Å². The third-order valence-corrected chi connectivity index (χ3v) is 3.89. The molecule has 0 fully saturated rings. The van der Waals surface area contributed by atoms with E-state index >= 15 is 0 Å². The summed E-state index contributed by atoms with van der Waals surface area (Å²) in [5.41, 5.74) is 2.77. The van der Waals surface area contributed by atoms with Gasteiger partial charge in [-0.25, -0.2) is 0 Å². The Balaban J connectivity index is 2.69. The van der Waals surface area contributed by atoms with Gasteiger partial charge in [-0.2, -0.15) is 0 Å². The van der Waals surface area contributed by atoms with Crippen LogP contribution in [0.5, 0.6) is 0 Å². The van der Waals surface area contributed by atoms with Gasteiger partial charge >= 0.3 is 0 Å². The molecule has 0 radical (unpaired) electrons. The van der Waals surface area contributed by atoms with Crippen LogP contribution in [0.3, 0.4) is 0 Å². The maximum absolute atomic E-state index is 5.24. The summed E-state index contributed by atoms with van der Waals surface area (Å²) < 4.78 is 5.24. The number of aryl methyl sites for hydroxylation is 1. The number of ether oxygens (including phenoxy) is 1. The highest BCUT2D eigenvalue weighted by Gasteiger charge is 2.19. The lowest BCUT2D eigenvalue weighted by atomic mass is 9.85. The fraction of sp³-hybridized carbons (Fsp3) is 0.667. The van der Waals surface area contributed by atoms with Crippen molar-refractivity contribution in [1.82, 2.24) is 5.32 Å². The number of benzene rings is 1. The Morgan fingerprint density at radius 2 is 1.70 bits per heavy atom. The maximum Gasteiger partial charge on any atom is 0.0465 e. The van der Waals surface area contributed by atoms with Crippen molar-refractivity contribution in [3.05, 3.63) is 35.4 Å². The largest absolute Gasteiger partial charge is 0.385 e. The number of methoxy groups -OCH3 is 1. The second-order valence-corrected chi connectivity index (χ2v) is 6.33. The average molecular weight is 277 g/mol. The molecule has 1 N–H and O–H groups in total. The molecule has 2 heteroatoms. The summed E-state index contributed by atoms with van der Waals surface area (Å²) >= 11 is 0. The summed E-state index contributed by atoms with van der Waals surface area (Å²) in [6.07, 6.45) is 1.11. The van der Waals surface area contributed by atoms with Crippen LogP contribution in [0, 0.1) is 18.8 Å². The number of hydrogen-bond donors (Lipinski definition) is 1. The molecule has 0 saturated heterocycles. The summed E-state index contributed by atoms with van der Waals surface area (Å²) in [6, 6.07) is 8.99. The zero-order valence-corrected chi connectivity index (χ0v) is 13.8. The molecule has 114 valence electrons. The summed E-state index contributed by atoms with van der Waals surface area (Å²) in [5, 5.41) is 3.61. The molecule has 2 unspecified atom stereocenters. The summed E-state index contributed by atoms with van der Waals surface area (Å²) in [6.45, 7) is 12.0. The fourth-order valence-electron chi connectivity index (χ4n) is 2.49. The lowest BCUT2D eigenvalue weighted by Crippen LogP contribution is -2.29. The standard InChI is InChI=1S/C18H31NO/c1-14(2)12-19-13-18(16(4)10-11-20-5)17-8-6-15(3)7-9-17/h6-9,14,16,18-19H,10-13H2,1-5H3. The van der Waals surface area contributed by atoms with E-state index in [2.05, 4.69) is 57.3 Å². The Hall–Kier alpha value is -0.860. The van der Waals surface area contributed by atoms with E-state index < -0.39 is 0 Å². The lowest BCUT2D eigenvalue weighted by Gasteiger charge is -2.25. The molecule has 0 saturated carbocycles. The van der Waals surface area contributed by atoms with Crippen molar-refractivity contribution in [3.63, 3.8) is 0 Å². The molecule has 2 atom stereocenters. The molecule has 0 aliphatic carbocycles. The van der Waals surface area contributed by atoms with Gasteiger partial charge in [0.25, 0.3) is 0 Å². The Morgan fingerprint density at radius 1 is 1.05 bits per heavy atom. The smallest absolute Gasteiger partial charge is 0.0465 e. The van der Waals surface area contributed by atoms with Crippen LogP contribution >= 0.6 is 0 Å². The number of rotatable bonds is 9. The lowest BCUT2D eigenvalue weighted by molar-refractivity contribution is 0.173. The second kappa shape index (κ2) is 9.15. The predicted octanol–water partition coefficient (Wildman–Crippen LogP) is 4.00. The first kappa shape index (κ1) is 17.2. The van der Waals surface area contributed by atoms with Crippen molar-refractivity contribution in [2.24, 2.45) is 11.8 Å². The van der Waals surface area contributed by atoms with Crippen LogP contribution in [-0.4, -0.2) is 26.8 Å². The molecule has 0 aliphatic rings. The van der Waals surface area contributed by atoms with E-state index in [9.17, 15) is 0 Å². The van der Waals surface area contributed by atoms with Crippen molar-refractivity contribution < 1.29 is 4.74 Å². The van der Waals surface area contributed by atoms with Gasteiger partial charge in [-0.3, -0.25) is 0 Å². The third-order valence-electron chi connectivity index (χ3n) is 3.89. The Kier molecular flexibility index (Phi) is 7.86. The SMILES string of the molecule is COCCC(C)C(CNCC(C)C)c1ccc(C)cc1. The van der Waals surface area contributed by atoms with Gasteiger partial charge in [0.1, 0.15) is 0 Å². The Labute approximate surface area is 124 Å². The van der Waals surface area contributed by atoms with E-state index in [0.29, 0.717) is 17.8 Å². The highest BCUT2D eigenvalue weighted by molar-refractivity contribution is 5.25. The minimum absolute atomic E-state index is 0.560. The van der Waals surface area contributed by atoms with Gasteiger partial charge in [-0.15, -0.1) is 0 Å². The zero-order valence-electron chi connectivity index (χ0n) is 13.8. The van der Waals surface area contributed by atoms with Crippen LogP contribution in [0.2, 0.25) is 0 Å². The van der Waals surface area contributed by atoms with Gasteiger partial charge in [0, 0.05) is 20.3 Å². The molecule has 1 aromatic rings. The van der Waals surface area contributed by atoms with Crippen LogP contribution in [0.4, 0.5) is 0 Å². The highest BCUT2D eigenvalue weighted by atomic mass is 16.5. The molecule has 20 heavy (non-hydrogen) atoms. The Morgan fingerprint density at radius 3 is 2.25 bits per heavy atom. The molecular weight excluding hydrogens is 246 g/mol. The molecule has 2 nitrogen and oxygen atoms in total. The van der Waals surface area contributed by atoms with E-state index in [4.69, 9.17) is 4.74 Å². The first-order chi connectivity index (χ1) is 9.54. The normalized spacial score (nSPS) is 14.5. The molecule has 0 heterocycles. The van der Waals surface area contributed by atoms with Crippen LogP contribution in [0.25, 0.3) is 0 Å². The quantitative estimate of drug-likeness (QED) is 0.736. The van der Waals surface area contributed by atoms with Crippen LogP contribution in [0.15, 0.2) is 24.3 Å². The fourth-order valence-corrected chi connectivity index (χ4v) is 2.49. The third kappa shape index (κ3) is 6.06. The molecule has 0 amide bonds. The van der Waals surface area contributed by atoms with Gasteiger partial charge in [0.15, 0.2) is 0 Å². The molecule has 0 bridgehead atoms. The number of nitrogens with one attached hydrogen (secondary N) is 1. The van der Waals surface area contributed by atoms with Crippen molar-refractivity contribution in [3.8, 4) is 0 Å².